The summed E-state index contributed by atoms with van der Waals surface area (Å²) in [4.78, 5) is 66.8. The summed E-state index contributed by atoms with van der Waals surface area (Å²) in [6, 6.07) is 17.7. The van der Waals surface area contributed by atoms with Crippen LogP contribution in [0.15, 0.2) is 67.0 Å². The van der Waals surface area contributed by atoms with Gasteiger partial charge in [-0.15, -0.1) is 0 Å². The first-order valence-electron chi connectivity index (χ1n) is 19.4. The summed E-state index contributed by atoms with van der Waals surface area (Å²) >= 11 is 0. The molecule has 3 rings (SSSR count). The van der Waals surface area contributed by atoms with Crippen molar-refractivity contribution in [1.82, 2.24) is 19.8 Å². The molecule has 0 atom stereocenters. The van der Waals surface area contributed by atoms with Crippen LogP contribution in [0.25, 0.3) is 22.5 Å². The highest BCUT2D eigenvalue weighted by Crippen LogP contribution is 2.23. The number of ether oxygens (including phenoxy) is 4. The third kappa shape index (κ3) is 18.7. The molecular weight excluding hydrogens is 727 g/mol. The molecule has 3 aromatic rings. The third-order valence-corrected chi connectivity index (χ3v) is 7.71. The maximum absolute atomic E-state index is 13.0. The first-order valence-corrected chi connectivity index (χ1v) is 19.4. The lowest BCUT2D eigenvalue weighted by atomic mass is 10.1. The number of nitrogens with zero attached hydrogens (tertiary/aromatic N) is 5. The van der Waals surface area contributed by atoms with Gasteiger partial charge in [0, 0.05) is 37.9 Å². The molecule has 0 fully saturated rings. The molecule has 0 aliphatic rings. The van der Waals surface area contributed by atoms with Crippen molar-refractivity contribution in [2.45, 2.75) is 105 Å². The normalized spacial score (nSPS) is 12.3. The van der Waals surface area contributed by atoms with Crippen LogP contribution in [0.4, 0.5) is 5.69 Å². The van der Waals surface area contributed by atoms with E-state index in [1.807, 2.05) is 65.7 Å². The van der Waals surface area contributed by atoms with Crippen LogP contribution >= 0.6 is 0 Å². The van der Waals surface area contributed by atoms with Gasteiger partial charge in [-0.2, -0.15) is 0 Å². The predicted octanol–water partition coefficient (Wildman–Crippen LogP) is 6.59. The third-order valence-electron chi connectivity index (χ3n) is 7.71. The van der Waals surface area contributed by atoms with Gasteiger partial charge in [0.1, 0.15) is 22.4 Å². The van der Waals surface area contributed by atoms with Crippen LogP contribution in [0.3, 0.4) is 0 Å². The summed E-state index contributed by atoms with van der Waals surface area (Å²) in [5.41, 5.74) is 1.33. The monoisotopic (exact) mass is 789 g/mol. The second-order valence-electron chi connectivity index (χ2n) is 18.0. The molecule has 312 valence electrons. The van der Waals surface area contributed by atoms with E-state index in [9.17, 15) is 19.2 Å². The molecule has 0 saturated heterocycles. The summed E-state index contributed by atoms with van der Waals surface area (Å²) in [6.07, 6.45) is 3.56. The zero-order chi connectivity index (χ0) is 42.6. The van der Waals surface area contributed by atoms with Gasteiger partial charge in [-0.25, -0.2) is 0 Å². The van der Waals surface area contributed by atoms with Crippen LogP contribution in [-0.2, 0) is 38.1 Å². The lowest BCUT2D eigenvalue weighted by Gasteiger charge is -2.32. The number of aromatic nitrogens is 2. The van der Waals surface area contributed by atoms with Crippen LogP contribution in [0.1, 0.15) is 83.1 Å². The number of carbonyl (C=O) groups excluding carboxylic acids is 4. The van der Waals surface area contributed by atoms with Crippen LogP contribution in [-0.4, -0.2) is 118 Å². The van der Waals surface area contributed by atoms with Crippen molar-refractivity contribution in [3.63, 3.8) is 0 Å². The number of hydrogen-bond acceptors (Lipinski definition) is 13. The minimum absolute atomic E-state index is 0.143. The highest BCUT2D eigenvalue weighted by molar-refractivity contribution is 5.76. The number of rotatable bonds is 17. The summed E-state index contributed by atoms with van der Waals surface area (Å²) in [5.74, 6) is -1.91. The van der Waals surface area contributed by atoms with Crippen molar-refractivity contribution in [3.05, 3.63) is 67.0 Å². The van der Waals surface area contributed by atoms with E-state index in [4.69, 9.17) is 23.9 Å². The minimum Gasteiger partial charge on any atom is -0.459 e. The molecule has 0 radical (unpaired) electrons. The van der Waals surface area contributed by atoms with Crippen molar-refractivity contribution in [2.75, 3.05) is 57.3 Å². The molecule has 0 N–H and O–H groups in total. The molecule has 2 aromatic heterocycles. The van der Waals surface area contributed by atoms with Gasteiger partial charge >= 0.3 is 23.9 Å². The second-order valence-corrected chi connectivity index (χ2v) is 18.0. The molecule has 0 saturated carbocycles. The van der Waals surface area contributed by atoms with E-state index < -0.39 is 46.3 Å². The number of pyridine rings is 2. The maximum Gasteiger partial charge on any atom is 0.320 e. The smallest absolute Gasteiger partial charge is 0.320 e. The van der Waals surface area contributed by atoms with E-state index in [2.05, 4.69) is 4.98 Å². The summed E-state index contributed by atoms with van der Waals surface area (Å²) in [5, 5.41) is 0. The average molecular weight is 790 g/mol. The van der Waals surface area contributed by atoms with Gasteiger partial charge in [0.2, 0.25) is 0 Å². The van der Waals surface area contributed by atoms with Crippen molar-refractivity contribution >= 4 is 29.6 Å². The Labute approximate surface area is 339 Å². The molecule has 1 aromatic carbocycles. The standard InChI is InChI=1S/C44H63N5O8/c1-41(2,3)54-37(50)28-47(29-38(51)55-42(4,5)6)22-24-49(25-23-48(30-39(52)56-43(7,8)9)31-40(53)57-44(10,11)12)34-19-21-36(46-27-34)35-20-18-33(26-45-35)32-16-14-13-15-17-32/h13-21,26-27H,22-25,28-31H2,1-12H3. The molecule has 13 nitrogen and oxygen atoms in total. The Kier molecular flexibility index (Phi) is 16.3. The molecule has 0 aliphatic heterocycles. The SMILES string of the molecule is CC(C)(C)OC(=O)CN(CCN(CCN(CC(=O)OC(C)(C)C)CC(=O)OC(C)(C)C)c1ccc(-c2ccc(-c3ccccc3)cn2)nc1)CC(=O)OC(C)(C)C. The van der Waals surface area contributed by atoms with Gasteiger partial charge in [-0.05, 0) is 107 Å². The summed E-state index contributed by atoms with van der Waals surface area (Å²) < 4.78 is 22.4. The molecule has 0 spiro atoms. The number of benzene rings is 1. The fourth-order valence-corrected chi connectivity index (χ4v) is 5.62. The Morgan fingerprint density at radius 1 is 0.456 bits per heavy atom. The second kappa shape index (κ2) is 20.0. The van der Waals surface area contributed by atoms with E-state index in [0.29, 0.717) is 24.5 Å². The predicted molar refractivity (Wildman–Crippen MR) is 221 cm³/mol. The highest BCUT2D eigenvalue weighted by atomic mass is 16.6. The molecule has 0 amide bonds. The number of carbonyl (C=O) groups is 4. The summed E-state index contributed by atoms with van der Waals surface area (Å²) in [6.45, 7) is 22.1. The van der Waals surface area contributed by atoms with Crippen LogP contribution in [0.2, 0.25) is 0 Å². The topological polar surface area (TPSA) is 141 Å². The molecule has 13 heteroatoms. The lowest BCUT2D eigenvalue weighted by molar-refractivity contribution is -0.162. The van der Waals surface area contributed by atoms with Gasteiger partial charge in [-0.1, -0.05) is 36.4 Å². The van der Waals surface area contributed by atoms with Gasteiger partial charge < -0.3 is 23.8 Å². The van der Waals surface area contributed by atoms with E-state index in [0.717, 1.165) is 16.8 Å². The van der Waals surface area contributed by atoms with Crippen LogP contribution in [0.5, 0.6) is 0 Å². The molecule has 0 aliphatic carbocycles. The minimum atomic E-state index is -0.712. The van der Waals surface area contributed by atoms with Crippen LogP contribution in [0, 0.1) is 0 Å². The van der Waals surface area contributed by atoms with Crippen molar-refractivity contribution < 1.29 is 38.1 Å². The number of esters is 4. The van der Waals surface area contributed by atoms with Gasteiger partial charge in [0.05, 0.1) is 49.5 Å². The Balaban J connectivity index is 1.92. The molecule has 2 heterocycles. The van der Waals surface area contributed by atoms with Crippen molar-refractivity contribution in [2.24, 2.45) is 0 Å². The Bertz CT molecular complexity index is 1630. The summed E-state index contributed by atoms with van der Waals surface area (Å²) in [7, 11) is 0. The van der Waals surface area contributed by atoms with Gasteiger partial charge in [-0.3, -0.25) is 38.9 Å². The fourth-order valence-electron chi connectivity index (χ4n) is 5.62. The molecule has 0 unspecified atom stereocenters. The quantitative estimate of drug-likeness (QED) is 0.107. The van der Waals surface area contributed by atoms with E-state index >= 15 is 0 Å². The van der Waals surface area contributed by atoms with Crippen molar-refractivity contribution in [1.29, 1.82) is 0 Å². The Morgan fingerprint density at radius 2 is 0.825 bits per heavy atom. The fraction of sp³-hybridized carbons (Fsp3) is 0.545. The maximum atomic E-state index is 13.0. The zero-order valence-corrected chi connectivity index (χ0v) is 36.0. The lowest BCUT2D eigenvalue weighted by Crippen LogP contribution is -2.46. The first kappa shape index (κ1) is 46.5. The average Bonchev–Trinajstić information content (AvgIpc) is 3.05. The zero-order valence-electron chi connectivity index (χ0n) is 36.0. The van der Waals surface area contributed by atoms with E-state index in [-0.39, 0.29) is 39.3 Å². The van der Waals surface area contributed by atoms with Gasteiger partial charge in [0.15, 0.2) is 0 Å². The molecule has 0 bridgehead atoms. The molecular formula is C44H63N5O8. The van der Waals surface area contributed by atoms with Crippen LogP contribution < -0.4 is 4.90 Å². The Morgan fingerprint density at radius 3 is 1.14 bits per heavy atom. The number of anilines is 1. The Hall–Kier alpha value is -4.88. The first-order chi connectivity index (χ1) is 26.3. The van der Waals surface area contributed by atoms with E-state index in [1.165, 1.54) is 0 Å². The largest absolute Gasteiger partial charge is 0.459 e. The van der Waals surface area contributed by atoms with E-state index in [1.54, 1.807) is 99.1 Å². The molecule has 57 heavy (non-hydrogen) atoms. The number of hydrogen-bond donors (Lipinski definition) is 0. The van der Waals surface area contributed by atoms with Crippen molar-refractivity contribution in [3.8, 4) is 22.5 Å². The van der Waals surface area contributed by atoms with Gasteiger partial charge in [0.25, 0.3) is 0 Å². The highest BCUT2D eigenvalue weighted by Gasteiger charge is 2.26.